The molecule has 2 rings (SSSR count). The summed E-state index contributed by atoms with van der Waals surface area (Å²) in [7, 11) is 0. The maximum Gasteiger partial charge on any atom is 0.135 e. The summed E-state index contributed by atoms with van der Waals surface area (Å²) in [6.45, 7) is 2.95. The van der Waals surface area contributed by atoms with Gasteiger partial charge in [-0.05, 0) is 19.8 Å². The van der Waals surface area contributed by atoms with E-state index in [2.05, 4.69) is 14.8 Å². The van der Waals surface area contributed by atoms with Gasteiger partial charge in [0.2, 0.25) is 0 Å². The summed E-state index contributed by atoms with van der Waals surface area (Å²) in [6.07, 6.45) is 3.84. The number of hydrogen-bond donors (Lipinski definition) is 2. The summed E-state index contributed by atoms with van der Waals surface area (Å²) in [5, 5.41) is 18.2. The Bertz CT molecular complexity index is 345. The van der Waals surface area contributed by atoms with Crippen LogP contribution in [0.25, 0.3) is 0 Å². The Morgan fingerprint density at radius 1 is 1.47 bits per heavy atom. The Morgan fingerprint density at radius 3 is 3.00 bits per heavy atom. The van der Waals surface area contributed by atoms with Gasteiger partial charge in [0.05, 0.1) is 5.60 Å². The fourth-order valence-electron chi connectivity index (χ4n) is 1.91. The number of aliphatic hydroxyl groups is 1. The summed E-state index contributed by atoms with van der Waals surface area (Å²) in [5.74, 6) is 1.91. The number of nitrogens with zero attached hydrogens (tertiary/aromatic N) is 3. The molecule has 1 atom stereocenters. The van der Waals surface area contributed by atoms with Crippen molar-refractivity contribution in [3.05, 3.63) is 11.6 Å². The minimum absolute atomic E-state index is 0.245. The van der Waals surface area contributed by atoms with Crippen molar-refractivity contribution in [1.82, 2.24) is 14.8 Å². The molecule has 84 valence electrons. The van der Waals surface area contributed by atoms with E-state index in [0.29, 0.717) is 6.42 Å². The van der Waals surface area contributed by atoms with Crippen LogP contribution in [0.2, 0.25) is 0 Å². The van der Waals surface area contributed by atoms with E-state index in [1.54, 1.807) is 6.92 Å². The molecule has 1 aliphatic heterocycles. The van der Waals surface area contributed by atoms with E-state index >= 15 is 0 Å². The quantitative estimate of drug-likeness (QED) is 0.728. The van der Waals surface area contributed by atoms with E-state index in [0.717, 1.165) is 24.6 Å². The molecule has 5 nitrogen and oxygen atoms in total. The van der Waals surface area contributed by atoms with E-state index in [1.807, 2.05) is 0 Å². The van der Waals surface area contributed by atoms with Crippen LogP contribution in [-0.2, 0) is 19.4 Å². The molecule has 15 heavy (non-hydrogen) atoms. The lowest BCUT2D eigenvalue weighted by molar-refractivity contribution is 0.0663. The first-order chi connectivity index (χ1) is 7.12. The van der Waals surface area contributed by atoms with Crippen LogP contribution in [0.5, 0.6) is 0 Å². The highest BCUT2D eigenvalue weighted by molar-refractivity contribution is 5.02. The van der Waals surface area contributed by atoms with E-state index in [9.17, 15) is 5.11 Å². The molecule has 1 unspecified atom stereocenters. The number of nitrogens with two attached hydrogens (primary N) is 1. The average Bonchev–Trinajstić information content (AvgIpc) is 2.62. The lowest BCUT2D eigenvalue weighted by Gasteiger charge is -2.22. The number of rotatable bonds is 3. The van der Waals surface area contributed by atoms with Crippen LogP contribution in [0.1, 0.15) is 31.4 Å². The van der Waals surface area contributed by atoms with Gasteiger partial charge in [-0.15, -0.1) is 10.2 Å². The van der Waals surface area contributed by atoms with E-state index < -0.39 is 5.60 Å². The molecule has 0 spiro atoms. The molecule has 5 heteroatoms. The Hall–Kier alpha value is -0.940. The van der Waals surface area contributed by atoms with Crippen molar-refractivity contribution in [2.45, 2.75) is 44.8 Å². The van der Waals surface area contributed by atoms with Gasteiger partial charge >= 0.3 is 0 Å². The first kappa shape index (κ1) is 10.6. The van der Waals surface area contributed by atoms with Crippen LogP contribution < -0.4 is 5.73 Å². The fraction of sp³-hybridized carbons (Fsp3) is 0.800. The molecule has 1 aliphatic rings. The minimum Gasteiger partial charge on any atom is -0.388 e. The fourth-order valence-corrected chi connectivity index (χ4v) is 1.91. The van der Waals surface area contributed by atoms with Crippen LogP contribution in [0.15, 0.2) is 0 Å². The maximum absolute atomic E-state index is 9.89. The van der Waals surface area contributed by atoms with Gasteiger partial charge in [0, 0.05) is 25.9 Å². The van der Waals surface area contributed by atoms with Crippen LogP contribution in [-0.4, -0.2) is 32.0 Å². The lowest BCUT2D eigenvalue weighted by atomic mass is 10.0. The Balaban J connectivity index is 2.19. The van der Waals surface area contributed by atoms with Crippen molar-refractivity contribution in [3.8, 4) is 0 Å². The van der Waals surface area contributed by atoms with Crippen molar-refractivity contribution in [2.75, 3.05) is 6.54 Å². The second-order valence-electron chi connectivity index (χ2n) is 4.52. The summed E-state index contributed by atoms with van der Waals surface area (Å²) in [6, 6.07) is 0. The van der Waals surface area contributed by atoms with Crippen molar-refractivity contribution >= 4 is 0 Å². The number of fused-ring (bicyclic) bond motifs is 1. The van der Waals surface area contributed by atoms with Crippen molar-refractivity contribution in [1.29, 1.82) is 0 Å². The largest absolute Gasteiger partial charge is 0.388 e. The monoisotopic (exact) mass is 210 g/mol. The highest BCUT2D eigenvalue weighted by atomic mass is 16.3. The van der Waals surface area contributed by atoms with Crippen molar-refractivity contribution in [2.24, 2.45) is 5.73 Å². The minimum atomic E-state index is -0.874. The molecule has 0 saturated heterocycles. The molecule has 0 bridgehead atoms. The van der Waals surface area contributed by atoms with Gasteiger partial charge in [0.1, 0.15) is 11.6 Å². The molecule has 0 aromatic carbocycles. The Labute approximate surface area is 89.3 Å². The van der Waals surface area contributed by atoms with Gasteiger partial charge in [0.25, 0.3) is 0 Å². The Morgan fingerprint density at radius 2 is 2.27 bits per heavy atom. The molecule has 1 aromatic heterocycles. The van der Waals surface area contributed by atoms with E-state index in [4.69, 9.17) is 5.73 Å². The molecule has 0 radical (unpaired) electrons. The highest BCUT2D eigenvalue weighted by Crippen LogP contribution is 2.17. The zero-order chi connectivity index (χ0) is 10.9. The van der Waals surface area contributed by atoms with Gasteiger partial charge in [-0.2, -0.15) is 0 Å². The predicted octanol–water partition coefficient (Wildman–Crippen LogP) is -0.133. The zero-order valence-corrected chi connectivity index (χ0v) is 9.11. The summed E-state index contributed by atoms with van der Waals surface area (Å²) < 4.78 is 2.12. The van der Waals surface area contributed by atoms with Crippen LogP contribution in [0.3, 0.4) is 0 Å². The molecule has 0 fully saturated rings. The van der Waals surface area contributed by atoms with E-state index in [1.165, 1.54) is 12.8 Å². The van der Waals surface area contributed by atoms with Crippen molar-refractivity contribution in [3.63, 3.8) is 0 Å². The molecule has 1 aromatic rings. The number of aryl methyl sites for hydroxylation is 1. The summed E-state index contributed by atoms with van der Waals surface area (Å²) in [5.41, 5.74) is 4.62. The van der Waals surface area contributed by atoms with Crippen LogP contribution in [0.4, 0.5) is 0 Å². The number of hydrogen-bond acceptors (Lipinski definition) is 4. The smallest absolute Gasteiger partial charge is 0.135 e. The van der Waals surface area contributed by atoms with Crippen molar-refractivity contribution < 1.29 is 5.11 Å². The predicted molar refractivity (Wildman–Crippen MR) is 56.3 cm³/mol. The molecule has 2 heterocycles. The molecular formula is C10H18N4O. The SMILES string of the molecule is CC(O)(CN)Cc1nnc2n1CCCC2. The van der Waals surface area contributed by atoms with Crippen LogP contribution >= 0.6 is 0 Å². The summed E-state index contributed by atoms with van der Waals surface area (Å²) in [4.78, 5) is 0. The van der Waals surface area contributed by atoms with E-state index in [-0.39, 0.29) is 6.54 Å². The lowest BCUT2D eigenvalue weighted by Crippen LogP contribution is -2.37. The third-order valence-corrected chi connectivity index (χ3v) is 2.91. The average molecular weight is 210 g/mol. The first-order valence-corrected chi connectivity index (χ1v) is 5.46. The second kappa shape index (κ2) is 3.90. The van der Waals surface area contributed by atoms with Gasteiger partial charge in [-0.1, -0.05) is 0 Å². The standard InChI is InChI=1S/C10H18N4O/c1-10(15,7-11)6-9-13-12-8-4-2-3-5-14(8)9/h15H,2-7,11H2,1H3. The van der Waals surface area contributed by atoms with Gasteiger partial charge in [-0.3, -0.25) is 0 Å². The third kappa shape index (κ3) is 2.18. The van der Waals surface area contributed by atoms with Crippen LogP contribution in [0, 0.1) is 0 Å². The number of aromatic nitrogens is 3. The molecule has 0 amide bonds. The molecule has 0 aliphatic carbocycles. The second-order valence-corrected chi connectivity index (χ2v) is 4.52. The normalized spacial score (nSPS) is 19.7. The van der Waals surface area contributed by atoms with Gasteiger partial charge in [0.15, 0.2) is 0 Å². The summed E-state index contributed by atoms with van der Waals surface area (Å²) >= 11 is 0. The molecule has 0 saturated carbocycles. The first-order valence-electron chi connectivity index (χ1n) is 5.46. The van der Waals surface area contributed by atoms with Gasteiger partial charge < -0.3 is 15.4 Å². The third-order valence-electron chi connectivity index (χ3n) is 2.91. The maximum atomic E-state index is 9.89. The Kier molecular flexibility index (Phi) is 2.75. The molecular weight excluding hydrogens is 192 g/mol. The highest BCUT2D eigenvalue weighted by Gasteiger charge is 2.24. The zero-order valence-electron chi connectivity index (χ0n) is 9.11. The van der Waals surface area contributed by atoms with Gasteiger partial charge in [-0.25, -0.2) is 0 Å². The topological polar surface area (TPSA) is 77.0 Å². The molecule has 3 N–H and O–H groups in total.